The highest BCUT2D eigenvalue weighted by molar-refractivity contribution is 6.08. The van der Waals surface area contributed by atoms with Gasteiger partial charge in [-0.05, 0) is 57.3 Å². The minimum absolute atomic E-state index is 0.868. The Labute approximate surface area is 272 Å². The van der Waals surface area contributed by atoms with Crippen LogP contribution in [0.5, 0.6) is 0 Å². The molecule has 0 saturated carbocycles. The molecule has 0 amide bonds. The van der Waals surface area contributed by atoms with Crippen molar-refractivity contribution in [2.24, 2.45) is 0 Å². The quantitative estimate of drug-likeness (QED) is 0.180. The van der Waals surface area contributed by atoms with Crippen molar-refractivity contribution in [3.8, 4) is 39.3 Å². The molecule has 0 spiro atoms. The van der Waals surface area contributed by atoms with Gasteiger partial charge in [-0.1, -0.05) is 123 Å². The van der Waals surface area contributed by atoms with Gasteiger partial charge in [0.2, 0.25) is 17.1 Å². The number of hydrogen-bond donors (Lipinski definition) is 0. The number of benzene rings is 7. The third kappa shape index (κ3) is 4.75. The topological polar surface area (TPSA) is 24.8 Å². The number of nitrogens with zero attached hydrogens (tertiary/aromatic N) is 3. The summed E-state index contributed by atoms with van der Waals surface area (Å²) in [6.45, 7) is 0. The lowest BCUT2D eigenvalue weighted by Gasteiger charge is -2.11. The van der Waals surface area contributed by atoms with E-state index in [1.165, 1.54) is 33.0 Å². The lowest BCUT2D eigenvalue weighted by atomic mass is 9.93. The lowest BCUT2D eigenvalue weighted by Crippen LogP contribution is -2.55. The van der Waals surface area contributed by atoms with Gasteiger partial charge in [-0.15, -0.1) is 0 Å². The molecular weight excluding hydrogens is 574 g/mol. The number of aromatic nitrogens is 3. The molecule has 4 heteroatoms. The Balaban J connectivity index is 1.17. The van der Waals surface area contributed by atoms with Gasteiger partial charge < -0.3 is 4.42 Å². The zero-order valence-corrected chi connectivity index (χ0v) is 25.6. The van der Waals surface area contributed by atoms with Gasteiger partial charge in [0, 0.05) is 35.7 Å². The Hall–Kier alpha value is -6.39. The summed E-state index contributed by atoms with van der Waals surface area (Å²) in [6.07, 6.45) is 6.38. The van der Waals surface area contributed by atoms with E-state index in [-0.39, 0.29) is 0 Å². The van der Waals surface area contributed by atoms with Crippen molar-refractivity contribution >= 4 is 32.7 Å². The molecule has 9 rings (SSSR count). The fourth-order valence-corrected chi connectivity index (χ4v) is 6.70. The Morgan fingerprint density at radius 1 is 0.340 bits per heavy atom. The summed E-state index contributed by atoms with van der Waals surface area (Å²) in [5.41, 5.74) is 9.80. The highest BCUT2D eigenvalue weighted by Gasteiger charge is 2.27. The molecule has 0 N–H and O–H groups in total. The summed E-state index contributed by atoms with van der Waals surface area (Å²) in [6, 6.07) is 57.5. The van der Waals surface area contributed by atoms with Crippen molar-refractivity contribution in [3.63, 3.8) is 0 Å². The summed E-state index contributed by atoms with van der Waals surface area (Å²) >= 11 is 0. The van der Waals surface area contributed by atoms with Crippen LogP contribution in [0.3, 0.4) is 0 Å². The molecule has 0 aliphatic heterocycles. The second-order valence-corrected chi connectivity index (χ2v) is 11.8. The average molecular weight is 605 g/mol. The van der Waals surface area contributed by atoms with E-state index in [0.717, 1.165) is 39.0 Å². The fourth-order valence-electron chi connectivity index (χ4n) is 6.70. The second-order valence-electron chi connectivity index (χ2n) is 11.8. The van der Waals surface area contributed by atoms with Crippen molar-refractivity contribution in [1.82, 2.24) is 0 Å². The third-order valence-corrected chi connectivity index (χ3v) is 8.94. The molecule has 0 atom stereocenters. The lowest BCUT2D eigenvalue weighted by molar-refractivity contribution is -0.857. The molecule has 4 nitrogen and oxygen atoms in total. The number of fused-ring (bicyclic) bond motifs is 4. The predicted octanol–water partition coefficient (Wildman–Crippen LogP) is 8.90. The largest absolute Gasteiger partial charge is 0.456 e. The minimum Gasteiger partial charge on any atom is -0.456 e. The maximum Gasteiger partial charge on any atom is 0.428 e. The number of furan rings is 1. The van der Waals surface area contributed by atoms with Crippen molar-refractivity contribution in [3.05, 3.63) is 183 Å². The fraction of sp³-hybridized carbons (Fsp3) is 0. The smallest absolute Gasteiger partial charge is 0.428 e. The van der Waals surface area contributed by atoms with Gasteiger partial charge in [-0.3, -0.25) is 0 Å². The molecular formula is C43H30N3O+3. The van der Waals surface area contributed by atoms with E-state index in [4.69, 9.17) is 4.42 Å². The van der Waals surface area contributed by atoms with Crippen LogP contribution in [0.15, 0.2) is 187 Å². The van der Waals surface area contributed by atoms with Gasteiger partial charge >= 0.3 is 19.0 Å². The zero-order valence-electron chi connectivity index (χ0n) is 25.6. The van der Waals surface area contributed by atoms with E-state index in [1.807, 2.05) is 24.3 Å². The molecule has 0 unspecified atom stereocenters. The van der Waals surface area contributed by atoms with Gasteiger partial charge in [0.1, 0.15) is 16.6 Å². The standard InChI is InChI=1S/C43H30N3O/c1-3-12-31(13-4-1)35-17-9-20-38-36(18-10-19-37(35)38)32-24-26-34(27-25-32)45-28-44(33-14-5-2-6-15-33)29-46(30-45)40-21-11-23-42-43(40)39-16-7-8-22-41(39)47-42/h1-30H/q+3. The molecule has 0 bridgehead atoms. The highest BCUT2D eigenvalue weighted by atomic mass is 16.3. The Morgan fingerprint density at radius 2 is 0.851 bits per heavy atom. The summed E-state index contributed by atoms with van der Waals surface area (Å²) in [5, 5.41) is 4.69. The molecule has 7 aromatic carbocycles. The first kappa shape index (κ1) is 27.0. The zero-order chi connectivity index (χ0) is 31.2. The number of rotatable bonds is 5. The van der Waals surface area contributed by atoms with Gasteiger partial charge in [-0.2, -0.15) is 0 Å². The van der Waals surface area contributed by atoms with Crippen molar-refractivity contribution in [1.29, 1.82) is 0 Å². The van der Waals surface area contributed by atoms with E-state index >= 15 is 0 Å². The van der Waals surface area contributed by atoms with Crippen molar-refractivity contribution < 1.29 is 18.1 Å². The minimum atomic E-state index is 0.868. The molecule has 0 fully saturated rings. The van der Waals surface area contributed by atoms with E-state index in [1.54, 1.807) is 0 Å². The van der Waals surface area contributed by atoms with Crippen LogP contribution in [0.4, 0.5) is 0 Å². The molecule has 9 aromatic rings. The maximum atomic E-state index is 6.24. The predicted molar refractivity (Wildman–Crippen MR) is 187 cm³/mol. The van der Waals surface area contributed by atoms with Crippen LogP contribution in [-0.4, -0.2) is 0 Å². The molecule has 0 saturated heterocycles. The van der Waals surface area contributed by atoms with Crippen LogP contribution in [0.25, 0.3) is 72.0 Å². The van der Waals surface area contributed by atoms with Crippen LogP contribution in [0.2, 0.25) is 0 Å². The molecule has 0 aliphatic carbocycles. The summed E-state index contributed by atoms with van der Waals surface area (Å²) in [7, 11) is 0. The van der Waals surface area contributed by atoms with E-state index < -0.39 is 0 Å². The van der Waals surface area contributed by atoms with Crippen molar-refractivity contribution in [2.45, 2.75) is 0 Å². The van der Waals surface area contributed by atoms with Gasteiger partial charge in [-0.25, -0.2) is 0 Å². The van der Waals surface area contributed by atoms with Crippen LogP contribution in [0, 0.1) is 0 Å². The molecule has 0 aliphatic rings. The first-order chi connectivity index (χ1) is 23.3. The highest BCUT2D eigenvalue weighted by Crippen LogP contribution is 2.35. The third-order valence-electron chi connectivity index (χ3n) is 8.94. The number of para-hydroxylation sites is 2. The summed E-state index contributed by atoms with van der Waals surface area (Å²) < 4.78 is 12.7. The number of hydrogen-bond acceptors (Lipinski definition) is 1. The molecule has 0 radical (unpaired) electrons. The normalized spacial score (nSPS) is 11.4. The Bertz CT molecular complexity index is 2550. The van der Waals surface area contributed by atoms with Crippen molar-refractivity contribution in [2.75, 3.05) is 0 Å². The molecule has 220 valence electrons. The van der Waals surface area contributed by atoms with E-state index in [2.05, 4.69) is 172 Å². The summed E-state index contributed by atoms with van der Waals surface area (Å²) in [5.74, 6) is 0. The van der Waals surface area contributed by atoms with E-state index in [0.29, 0.717) is 0 Å². The van der Waals surface area contributed by atoms with Crippen LogP contribution in [-0.2, 0) is 0 Å². The first-order valence-electron chi connectivity index (χ1n) is 15.8. The van der Waals surface area contributed by atoms with Gasteiger partial charge in [0.15, 0.2) is 0 Å². The van der Waals surface area contributed by atoms with Crippen LogP contribution in [0.1, 0.15) is 0 Å². The molecule has 47 heavy (non-hydrogen) atoms. The summed E-state index contributed by atoms with van der Waals surface area (Å²) in [4.78, 5) is 0. The van der Waals surface area contributed by atoms with Crippen LogP contribution >= 0.6 is 0 Å². The first-order valence-corrected chi connectivity index (χ1v) is 15.8. The van der Waals surface area contributed by atoms with E-state index in [9.17, 15) is 0 Å². The molecule has 2 aromatic heterocycles. The monoisotopic (exact) mass is 604 g/mol. The van der Waals surface area contributed by atoms with Gasteiger partial charge in [0.25, 0.3) is 0 Å². The maximum absolute atomic E-state index is 6.24. The molecule has 2 heterocycles. The Kier molecular flexibility index (Phi) is 6.43. The van der Waals surface area contributed by atoms with Crippen LogP contribution < -0.4 is 13.7 Å². The average Bonchev–Trinajstić information content (AvgIpc) is 3.54. The SMILES string of the molecule is c1ccc(-c2cccc3c(-c4ccc(-[n+]5c[n+](-c6ccccc6)c[n+](-c6cccc7oc8ccccc8c67)c5)cc4)cccc23)cc1. The Morgan fingerprint density at radius 3 is 1.55 bits per heavy atom. The van der Waals surface area contributed by atoms with Gasteiger partial charge in [0.05, 0.1) is 0 Å². The second kappa shape index (κ2) is 11.2.